The normalized spacial score (nSPS) is 18.8. The van der Waals surface area contributed by atoms with E-state index in [4.69, 9.17) is 0 Å². The smallest absolute Gasteiger partial charge is 0.254 e. The number of fused-ring (bicyclic) bond motifs is 1. The molecule has 21 heavy (non-hydrogen) atoms. The molecule has 1 atom stereocenters. The number of aromatic nitrogens is 6. The van der Waals surface area contributed by atoms with Crippen molar-refractivity contribution in [3.05, 3.63) is 35.0 Å². The van der Waals surface area contributed by atoms with Crippen molar-refractivity contribution in [1.82, 2.24) is 29.4 Å². The van der Waals surface area contributed by atoms with E-state index in [9.17, 15) is 0 Å². The maximum Gasteiger partial charge on any atom is 0.254 e. The van der Waals surface area contributed by atoms with Crippen LogP contribution < -0.4 is 4.90 Å². The molecular formula is C13H14BrN7. The second-order valence-corrected chi connectivity index (χ2v) is 6.17. The summed E-state index contributed by atoms with van der Waals surface area (Å²) in [6.07, 6.45) is 6.46. The molecule has 0 bridgehead atoms. The summed E-state index contributed by atoms with van der Waals surface area (Å²) in [4.78, 5) is 10.9. The molecule has 8 heteroatoms. The van der Waals surface area contributed by atoms with Crippen LogP contribution in [0.4, 0.5) is 5.82 Å². The number of hydrogen-bond acceptors (Lipinski definition) is 5. The van der Waals surface area contributed by atoms with E-state index in [0.29, 0.717) is 11.8 Å². The van der Waals surface area contributed by atoms with Crippen LogP contribution in [0.2, 0.25) is 0 Å². The summed E-state index contributed by atoms with van der Waals surface area (Å²) in [5.41, 5.74) is 0.954. The van der Waals surface area contributed by atoms with Gasteiger partial charge in [0.2, 0.25) is 0 Å². The molecule has 0 aromatic carbocycles. The van der Waals surface area contributed by atoms with Gasteiger partial charge in [0.15, 0.2) is 0 Å². The van der Waals surface area contributed by atoms with Crippen LogP contribution in [0.1, 0.15) is 18.2 Å². The number of hydrogen-bond donors (Lipinski definition) is 0. The summed E-state index contributed by atoms with van der Waals surface area (Å²) in [5.74, 6) is 1.69. The third-order valence-electron chi connectivity index (χ3n) is 3.79. The third kappa shape index (κ3) is 2.19. The lowest BCUT2D eigenvalue weighted by Crippen LogP contribution is -2.24. The molecule has 0 radical (unpaired) electrons. The lowest BCUT2D eigenvalue weighted by atomic mass is 10.3. The first-order valence-electron chi connectivity index (χ1n) is 6.83. The van der Waals surface area contributed by atoms with Crippen LogP contribution in [0.3, 0.4) is 0 Å². The molecular weight excluding hydrogens is 334 g/mol. The van der Waals surface area contributed by atoms with Gasteiger partial charge in [0.25, 0.3) is 5.78 Å². The lowest BCUT2D eigenvalue weighted by molar-refractivity contribution is 0.494. The highest BCUT2D eigenvalue weighted by Gasteiger charge is 2.26. The molecule has 108 valence electrons. The van der Waals surface area contributed by atoms with E-state index in [1.54, 1.807) is 10.8 Å². The Balaban J connectivity index is 1.66. The van der Waals surface area contributed by atoms with E-state index < -0.39 is 0 Å². The summed E-state index contributed by atoms with van der Waals surface area (Å²) in [7, 11) is 0. The van der Waals surface area contributed by atoms with Gasteiger partial charge in [0, 0.05) is 31.0 Å². The van der Waals surface area contributed by atoms with Gasteiger partial charge < -0.3 is 4.90 Å². The van der Waals surface area contributed by atoms with Crippen molar-refractivity contribution in [2.24, 2.45) is 0 Å². The zero-order valence-electron chi connectivity index (χ0n) is 11.5. The van der Waals surface area contributed by atoms with Crippen LogP contribution in [0.25, 0.3) is 5.78 Å². The number of rotatable bonds is 2. The van der Waals surface area contributed by atoms with E-state index in [2.05, 4.69) is 47.1 Å². The maximum absolute atomic E-state index is 4.39. The van der Waals surface area contributed by atoms with E-state index in [0.717, 1.165) is 35.5 Å². The van der Waals surface area contributed by atoms with Crippen LogP contribution >= 0.6 is 15.9 Å². The average molecular weight is 348 g/mol. The summed E-state index contributed by atoms with van der Waals surface area (Å²) in [6.45, 7) is 3.86. The maximum atomic E-state index is 4.39. The number of aryl methyl sites for hydroxylation is 1. The predicted molar refractivity (Wildman–Crippen MR) is 81.3 cm³/mol. The summed E-state index contributed by atoms with van der Waals surface area (Å²) in [6, 6.07) is 2.44. The Bertz CT molecular complexity index is 793. The molecule has 4 heterocycles. The molecule has 3 aromatic heterocycles. The molecule has 4 rings (SSSR count). The number of anilines is 1. The Hall–Kier alpha value is -1.96. The van der Waals surface area contributed by atoms with Crippen LogP contribution in [-0.2, 0) is 0 Å². The molecule has 0 spiro atoms. The highest BCUT2D eigenvalue weighted by atomic mass is 79.9. The van der Waals surface area contributed by atoms with Gasteiger partial charge in [-0.1, -0.05) is 0 Å². The lowest BCUT2D eigenvalue weighted by Gasteiger charge is -2.19. The fourth-order valence-corrected chi connectivity index (χ4v) is 3.12. The molecule has 0 N–H and O–H groups in total. The standard InChI is InChI=1S/C13H14BrN7/c1-9-4-12(21-13(18-9)15-8-17-21)19-3-2-11(7-19)20-6-10(14)5-16-20/h4-6,8,11H,2-3,7H2,1H3. The molecule has 0 aliphatic carbocycles. The third-order valence-corrected chi connectivity index (χ3v) is 4.20. The van der Waals surface area contributed by atoms with Gasteiger partial charge in [-0.2, -0.15) is 19.7 Å². The minimum absolute atomic E-state index is 0.378. The molecule has 3 aromatic rings. The molecule has 1 aliphatic heterocycles. The zero-order valence-corrected chi connectivity index (χ0v) is 13.1. The molecule has 1 saturated heterocycles. The van der Waals surface area contributed by atoms with Crippen molar-refractivity contribution in [3.8, 4) is 0 Å². The van der Waals surface area contributed by atoms with Crippen LogP contribution in [0.15, 0.2) is 29.3 Å². The molecule has 7 nitrogen and oxygen atoms in total. The van der Waals surface area contributed by atoms with E-state index in [1.165, 1.54) is 0 Å². The van der Waals surface area contributed by atoms with Crippen molar-refractivity contribution < 1.29 is 0 Å². The highest BCUT2D eigenvalue weighted by Crippen LogP contribution is 2.27. The quantitative estimate of drug-likeness (QED) is 0.707. The van der Waals surface area contributed by atoms with Crippen LogP contribution in [0.5, 0.6) is 0 Å². The van der Waals surface area contributed by atoms with Gasteiger partial charge in [-0.05, 0) is 29.3 Å². The second kappa shape index (κ2) is 4.80. The van der Waals surface area contributed by atoms with Crippen LogP contribution in [-0.4, -0.2) is 42.5 Å². The van der Waals surface area contributed by atoms with Gasteiger partial charge in [0.1, 0.15) is 12.1 Å². The topological polar surface area (TPSA) is 64.1 Å². The Morgan fingerprint density at radius 2 is 2.24 bits per heavy atom. The largest absolute Gasteiger partial charge is 0.354 e. The van der Waals surface area contributed by atoms with Crippen LogP contribution in [0, 0.1) is 6.92 Å². The van der Waals surface area contributed by atoms with Gasteiger partial charge in [-0.15, -0.1) is 0 Å². The number of halogens is 1. The van der Waals surface area contributed by atoms with Crippen molar-refractivity contribution in [2.45, 2.75) is 19.4 Å². The Morgan fingerprint density at radius 1 is 1.33 bits per heavy atom. The zero-order chi connectivity index (χ0) is 14.4. The predicted octanol–water partition coefficient (Wildman–Crippen LogP) is 1.84. The minimum atomic E-state index is 0.378. The molecule has 0 amide bonds. The fourth-order valence-electron chi connectivity index (χ4n) is 2.82. The van der Waals surface area contributed by atoms with Gasteiger partial charge in [0.05, 0.1) is 16.7 Å². The second-order valence-electron chi connectivity index (χ2n) is 5.25. The summed E-state index contributed by atoms with van der Waals surface area (Å²) < 4.78 is 4.84. The Labute approximate surface area is 129 Å². The highest BCUT2D eigenvalue weighted by molar-refractivity contribution is 9.10. The Kier molecular flexibility index (Phi) is 2.91. The fraction of sp³-hybridized carbons (Fsp3) is 0.385. The number of nitrogens with zero attached hydrogens (tertiary/aromatic N) is 7. The van der Waals surface area contributed by atoms with Gasteiger partial charge in [-0.3, -0.25) is 4.68 Å². The minimum Gasteiger partial charge on any atom is -0.354 e. The molecule has 1 unspecified atom stereocenters. The average Bonchev–Trinajstić information content (AvgIpc) is 3.15. The van der Waals surface area contributed by atoms with Crippen molar-refractivity contribution in [3.63, 3.8) is 0 Å². The van der Waals surface area contributed by atoms with Crippen molar-refractivity contribution >= 4 is 27.5 Å². The van der Waals surface area contributed by atoms with Gasteiger partial charge >= 0.3 is 0 Å². The monoisotopic (exact) mass is 347 g/mol. The first-order chi connectivity index (χ1) is 10.2. The molecule has 0 saturated carbocycles. The Morgan fingerprint density at radius 3 is 3.05 bits per heavy atom. The SMILES string of the molecule is Cc1cc(N2CCC(n3cc(Br)cn3)C2)n2ncnc2n1. The molecule has 1 aliphatic rings. The van der Waals surface area contributed by atoms with Gasteiger partial charge in [-0.25, -0.2) is 4.98 Å². The molecule has 1 fully saturated rings. The first-order valence-corrected chi connectivity index (χ1v) is 7.62. The first kappa shape index (κ1) is 12.8. The van der Waals surface area contributed by atoms with E-state index in [-0.39, 0.29) is 0 Å². The van der Waals surface area contributed by atoms with E-state index >= 15 is 0 Å². The van der Waals surface area contributed by atoms with Crippen molar-refractivity contribution in [1.29, 1.82) is 0 Å². The summed E-state index contributed by atoms with van der Waals surface area (Å²) in [5, 5.41) is 8.67. The van der Waals surface area contributed by atoms with Crippen molar-refractivity contribution in [2.75, 3.05) is 18.0 Å². The van der Waals surface area contributed by atoms with E-state index in [1.807, 2.05) is 24.0 Å². The summed E-state index contributed by atoms with van der Waals surface area (Å²) >= 11 is 3.45.